The highest BCUT2D eigenvalue weighted by Crippen LogP contribution is 2.40. The van der Waals surface area contributed by atoms with Crippen molar-refractivity contribution < 1.29 is 14.3 Å². The van der Waals surface area contributed by atoms with E-state index in [2.05, 4.69) is 47.9 Å². The van der Waals surface area contributed by atoms with Crippen LogP contribution in [0.15, 0.2) is 36.5 Å². The molecule has 1 saturated carbocycles. The van der Waals surface area contributed by atoms with Gasteiger partial charge in [-0.05, 0) is 69.2 Å². The molecule has 0 saturated heterocycles. The van der Waals surface area contributed by atoms with E-state index >= 15 is 0 Å². The SMILES string of the molecule is CCOC(=O)c1cccc(CNC(=O)c2cn(CCCCc3cc4cc(C5CC5)[nH]c4nn3)nn2)n1. The van der Waals surface area contributed by atoms with Crippen molar-refractivity contribution in [2.24, 2.45) is 0 Å². The highest BCUT2D eigenvalue weighted by molar-refractivity contribution is 5.91. The third kappa shape index (κ3) is 5.73. The lowest BCUT2D eigenvalue weighted by atomic mass is 10.1. The van der Waals surface area contributed by atoms with Gasteiger partial charge in [0.2, 0.25) is 0 Å². The minimum absolute atomic E-state index is 0.160. The number of ether oxygens (including phenoxy) is 1. The molecule has 186 valence electrons. The van der Waals surface area contributed by atoms with Crippen LogP contribution < -0.4 is 5.32 Å². The average molecular weight is 489 g/mol. The van der Waals surface area contributed by atoms with E-state index in [-0.39, 0.29) is 30.4 Å². The second-order valence-electron chi connectivity index (χ2n) is 8.88. The number of esters is 1. The van der Waals surface area contributed by atoms with Crippen molar-refractivity contribution >= 4 is 22.9 Å². The number of H-pyrrole nitrogens is 1. The molecule has 1 fully saturated rings. The molecule has 1 amide bonds. The Bertz CT molecular complexity index is 1370. The van der Waals surface area contributed by atoms with Gasteiger partial charge in [0.15, 0.2) is 11.3 Å². The molecule has 4 aromatic rings. The van der Waals surface area contributed by atoms with Gasteiger partial charge in [-0.2, -0.15) is 5.10 Å². The molecule has 4 heterocycles. The number of fused-ring (bicyclic) bond motifs is 1. The Labute approximate surface area is 207 Å². The monoisotopic (exact) mass is 488 g/mol. The third-order valence-electron chi connectivity index (χ3n) is 6.03. The van der Waals surface area contributed by atoms with Crippen molar-refractivity contribution in [1.29, 1.82) is 0 Å². The van der Waals surface area contributed by atoms with Crippen LogP contribution in [0.25, 0.3) is 11.0 Å². The predicted octanol–water partition coefficient (Wildman–Crippen LogP) is 2.95. The average Bonchev–Trinajstić information content (AvgIpc) is 3.48. The standard InChI is InChI=1S/C25H28N8O3/c1-2-36-25(35)20-8-5-7-19(27-20)14-26-24(34)22-15-33(32-30-22)11-4-3-6-18-12-17-13-21(16-9-10-16)28-23(17)31-29-18/h5,7-8,12-13,15-16H,2-4,6,9-11,14H2,1H3,(H,26,34)(H,28,31). The number of nitrogens with one attached hydrogen (secondary N) is 2. The number of rotatable bonds is 11. The maximum atomic E-state index is 12.5. The topological polar surface area (TPSA) is 141 Å². The summed E-state index contributed by atoms with van der Waals surface area (Å²) < 4.78 is 6.62. The van der Waals surface area contributed by atoms with E-state index in [4.69, 9.17) is 4.74 Å². The maximum Gasteiger partial charge on any atom is 0.356 e. The van der Waals surface area contributed by atoms with Gasteiger partial charge in [-0.1, -0.05) is 11.3 Å². The van der Waals surface area contributed by atoms with Crippen LogP contribution in [0.5, 0.6) is 0 Å². The van der Waals surface area contributed by atoms with Crippen molar-refractivity contribution in [3.05, 3.63) is 65.0 Å². The Balaban J connectivity index is 1.07. The zero-order valence-corrected chi connectivity index (χ0v) is 20.1. The lowest BCUT2D eigenvalue weighted by molar-refractivity contribution is 0.0519. The maximum absolute atomic E-state index is 12.5. The highest BCUT2D eigenvalue weighted by Gasteiger charge is 2.25. The molecule has 0 spiro atoms. The molecule has 1 aliphatic rings. The fourth-order valence-electron chi connectivity index (χ4n) is 3.98. The van der Waals surface area contributed by atoms with Crippen molar-refractivity contribution in [1.82, 2.24) is 40.5 Å². The fraction of sp³-hybridized carbons (Fsp3) is 0.400. The molecule has 1 aliphatic carbocycles. The van der Waals surface area contributed by atoms with Crippen LogP contribution in [0.4, 0.5) is 0 Å². The molecule has 4 aromatic heterocycles. The molecule has 36 heavy (non-hydrogen) atoms. The summed E-state index contributed by atoms with van der Waals surface area (Å²) in [5.74, 6) is -0.185. The Morgan fingerprint density at radius 3 is 2.83 bits per heavy atom. The molecule has 0 radical (unpaired) electrons. The van der Waals surface area contributed by atoms with E-state index in [0.717, 1.165) is 36.0 Å². The molecule has 11 nitrogen and oxygen atoms in total. The molecular formula is C25H28N8O3. The summed E-state index contributed by atoms with van der Waals surface area (Å²) in [5.41, 5.74) is 4.08. The predicted molar refractivity (Wildman–Crippen MR) is 130 cm³/mol. The minimum atomic E-state index is -0.492. The number of pyridine rings is 1. The molecular weight excluding hydrogens is 460 g/mol. The lowest BCUT2D eigenvalue weighted by Gasteiger charge is -2.05. The first kappa shape index (κ1) is 23.6. The van der Waals surface area contributed by atoms with Crippen LogP contribution >= 0.6 is 0 Å². The number of aromatic amines is 1. The van der Waals surface area contributed by atoms with Crippen LogP contribution in [0.3, 0.4) is 0 Å². The lowest BCUT2D eigenvalue weighted by Crippen LogP contribution is -2.24. The number of nitrogens with zero attached hydrogens (tertiary/aromatic N) is 6. The zero-order valence-electron chi connectivity index (χ0n) is 20.1. The first-order valence-electron chi connectivity index (χ1n) is 12.3. The van der Waals surface area contributed by atoms with Gasteiger partial charge in [-0.15, -0.1) is 10.2 Å². The summed E-state index contributed by atoms with van der Waals surface area (Å²) >= 11 is 0. The Morgan fingerprint density at radius 1 is 1.11 bits per heavy atom. The number of amides is 1. The summed E-state index contributed by atoms with van der Waals surface area (Å²) in [6.07, 6.45) is 6.75. The number of hydrogen-bond acceptors (Lipinski definition) is 8. The van der Waals surface area contributed by atoms with Gasteiger partial charge >= 0.3 is 5.97 Å². The summed E-state index contributed by atoms with van der Waals surface area (Å²) in [4.78, 5) is 31.9. The number of aromatic nitrogens is 7. The van der Waals surface area contributed by atoms with Gasteiger partial charge < -0.3 is 15.0 Å². The second-order valence-corrected chi connectivity index (χ2v) is 8.88. The zero-order chi connectivity index (χ0) is 24.9. The number of carbonyl (C=O) groups excluding carboxylic acids is 2. The van der Waals surface area contributed by atoms with Crippen molar-refractivity contribution in [2.45, 2.75) is 58.0 Å². The van der Waals surface area contributed by atoms with Gasteiger partial charge in [0.1, 0.15) is 5.69 Å². The summed E-state index contributed by atoms with van der Waals surface area (Å²) in [6, 6.07) is 9.31. The molecule has 0 aliphatic heterocycles. The van der Waals surface area contributed by atoms with Crippen molar-refractivity contribution in [3.8, 4) is 0 Å². The quantitative estimate of drug-likeness (QED) is 0.242. The number of hydrogen-bond donors (Lipinski definition) is 2. The van der Waals surface area contributed by atoms with Crippen LogP contribution in [-0.4, -0.2) is 53.6 Å². The minimum Gasteiger partial charge on any atom is -0.461 e. The second kappa shape index (κ2) is 10.6. The summed E-state index contributed by atoms with van der Waals surface area (Å²) in [6.45, 7) is 2.82. The molecule has 0 atom stereocenters. The number of unbranched alkanes of at least 4 members (excludes halogenated alkanes) is 1. The van der Waals surface area contributed by atoms with Gasteiger partial charge in [0.05, 0.1) is 30.7 Å². The van der Waals surface area contributed by atoms with E-state index in [1.54, 1.807) is 36.0 Å². The Morgan fingerprint density at radius 2 is 2.00 bits per heavy atom. The largest absolute Gasteiger partial charge is 0.461 e. The normalized spacial score (nSPS) is 13.1. The van der Waals surface area contributed by atoms with E-state index < -0.39 is 5.97 Å². The van der Waals surface area contributed by atoms with Crippen LogP contribution in [0, 0.1) is 0 Å². The number of carbonyl (C=O) groups is 2. The molecule has 2 N–H and O–H groups in total. The molecule has 11 heteroatoms. The van der Waals surface area contributed by atoms with Crippen molar-refractivity contribution in [2.75, 3.05) is 6.61 Å². The van der Waals surface area contributed by atoms with Crippen LogP contribution in [-0.2, 0) is 24.2 Å². The first-order chi connectivity index (χ1) is 17.6. The molecule has 5 rings (SSSR count). The fourth-order valence-corrected chi connectivity index (χ4v) is 3.98. The summed E-state index contributed by atoms with van der Waals surface area (Å²) in [7, 11) is 0. The first-order valence-corrected chi connectivity index (χ1v) is 12.3. The Hall–Kier alpha value is -4.15. The van der Waals surface area contributed by atoms with Crippen LogP contribution in [0.1, 0.15) is 76.6 Å². The van der Waals surface area contributed by atoms with E-state index in [9.17, 15) is 9.59 Å². The van der Waals surface area contributed by atoms with E-state index in [0.29, 0.717) is 18.2 Å². The van der Waals surface area contributed by atoms with Gasteiger partial charge in [-0.3, -0.25) is 9.48 Å². The van der Waals surface area contributed by atoms with Gasteiger partial charge in [0, 0.05) is 17.6 Å². The highest BCUT2D eigenvalue weighted by atomic mass is 16.5. The van der Waals surface area contributed by atoms with Crippen LogP contribution in [0.2, 0.25) is 0 Å². The molecule has 0 unspecified atom stereocenters. The summed E-state index contributed by atoms with van der Waals surface area (Å²) in [5, 5.41) is 20.6. The third-order valence-corrected chi connectivity index (χ3v) is 6.03. The smallest absolute Gasteiger partial charge is 0.356 e. The van der Waals surface area contributed by atoms with Crippen molar-refractivity contribution in [3.63, 3.8) is 0 Å². The molecule has 0 bridgehead atoms. The Kier molecular flexibility index (Phi) is 6.96. The van der Waals surface area contributed by atoms with E-state index in [1.165, 1.54) is 18.5 Å². The van der Waals surface area contributed by atoms with Gasteiger partial charge in [-0.25, -0.2) is 9.78 Å². The van der Waals surface area contributed by atoms with Gasteiger partial charge in [0.25, 0.3) is 5.91 Å². The molecule has 0 aromatic carbocycles. The van der Waals surface area contributed by atoms with E-state index in [1.807, 2.05) is 0 Å². The number of aryl methyl sites for hydroxylation is 2.